The number of ether oxygens (including phenoxy) is 1. The van der Waals surface area contributed by atoms with Crippen LogP contribution in [0.25, 0.3) is 0 Å². The Hall–Kier alpha value is -1.96. The van der Waals surface area contributed by atoms with E-state index >= 15 is 0 Å². The topological polar surface area (TPSA) is 32.7 Å². The standard InChI is InChI=1S/C17H19NO2S/c1-18(16-8-3-4-9-17(16)20-2)13-15-11-10-14(21-15)7-5-6-12-19/h3-4,8-11,19H,6,12-13H2,1-2H3. The van der Waals surface area contributed by atoms with Gasteiger partial charge in [0, 0.05) is 18.3 Å². The summed E-state index contributed by atoms with van der Waals surface area (Å²) in [7, 11) is 3.74. The Bertz CT molecular complexity index is 639. The van der Waals surface area contributed by atoms with Crippen LogP contribution in [0.15, 0.2) is 36.4 Å². The number of hydrogen-bond donors (Lipinski definition) is 1. The Kier molecular flexibility index (Phi) is 5.68. The van der Waals surface area contributed by atoms with E-state index in [-0.39, 0.29) is 6.61 Å². The van der Waals surface area contributed by atoms with Crippen LogP contribution in [0.3, 0.4) is 0 Å². The highest BCUT2D eigenvalue weighted by atomic mass is 32.1. The van der Waals surface area contributed by atoms with Gasteiger partial charge in [-0.15, -0.1) is 11.3 Å². The van der Waals surface area contributed by atoms with E-state index in [9.17, 15) is 0 Å². The Morgan fingerprint density at radius 1 is 1.24 bits per heavy atom. The molecule has 1 aromatic heterocycles. The summed E-state index contributed by atoms with van der Waals surface area (Å²) in [6.45, 7) is 0.925. The summed E-state index contributed by atoms with van der Waals surface area (Å²) in [6.07, 6.45) is 0.522. The van der Waals surface area contributed by atoms with Gasteiger partial charge in [-0.2, -0.15) is 0 Å². The molecule has 0 spiro atoms. The van der Waals surface area contributed by atoms with Crippen LogP contribution >= 0.6 is 11.3 Å². The van der Waals surface area contributed by atoms with Gasteiger partial charge in [-0.25, -0.2) is 0 Å². The molecule has 0 aliphatic rings. The van der Waals surface area contributed by atoms with Crippen molar-refractivity contribution in [1.82, 2.24) is 0 Å². The average molecular weight is 301 g/mol. The fourth-order valence-corrected chi connectivity index (χ4v) is 2.94. The molecule has 1 N–H and O–H groups in total. The van der Waals surface area contributed by atoms with E-state index in [4.69, 9.17) is 9.84 Å². The van der Waals surface area contributed by atoms with Crippen LogP contribution in [-0.2, 0) is 6.54 Å². The molecule has 0 amide bonds. The molecule has 0 fully saturated rings. The lowest BCUT2D eigenvalue weighted by molar-refractivity contribution is 0.305. The molecule has 1 heterocycles. The normalized spacial score (nSPS) is 9.86. The molecule has 2 aromatic rings. The molecule has 110 valence electrons. The monoisotopic (exact) mass is 301 g/mol. The van der Waals surface area contributed by atoms with Crippen molar-refractivity contribution in [2.75, 3.05) is 25.7 Å². The first-order chi connectivity index (χ1) is 10.2. The van der Waals surface area contributed by atoms with Crippen LogP contribution in [0.5, 0.6) is 5.75 Å². The highest BCUT2D eigenvalue weighted by Crippen LogP contribution is 2.28. The van der Waals surface area contributed by atoms with Gasteiger partial charge >= 0.3 is 0 Å². The van der Waals surface area contributed by atoms with Crippen molar-refractivity contribution >= 4 is 17.0 Å². The molecular formula is C17H19NO2S. The Morgan fingerprint density at radius 3 is 2.81 bits per heavy atom. The molecule has 0 bridgehead atoms. The third-order valence-corrected chi connectivity index (χ3v) is 3.98. The van der Waals surface area contributed by atoms with Crippen molar-refractivity contribution in [1.29, 1.82) is 0 Å². The fraction of sp³-hybridized carbons (Fsp3) is 0.294. The average Bonchev–Trinajstić information content (AvgIpc) is 2.95. The van der Waals surface area contributed by atoms with E-state index in [0.717, 1.165) is 22.9 Å². The minimum atomic E-state index is 0.113. The quantitative estimate of drug-likeness (QED) is 0.861. The van der Waals surface area contributed by atoms with E-state index in [2.05, 4.69) is 35.9 Å². The third-order valence-electron chi connectivity index (χ3n) is 3.00. The number of anilines is 1. The summed E-state index contributed by atoms with van der Waals surface area (Å²) in [5, 5.41) is 8.73. The van der Waals surface area contributed by atoms with Crippen LogP contribution in [0, 0.1) is 11.8 Å². The minimum Gasteiger partial charge on any atom is -0.495 e. The summed E-state index contributed by atoms with van der Waals surface area (Å²) in [5.41, 5.74) is 1.07. The molecule has 3 nitrogen and oxygen atoms in total. The van der Waals surface area contributed by atoms with Crippen molar-refractivity contribution in [2.24, 2.45) is 0 Å². The zero-order chi connectivity index (χ0) is 15.1. The Balaban J connectivity index is 2.06. The largest absolute Gasteiger partial charge is 0.495 e. The van der Waals surface area contributed by atoms with Crippen molar-refractivity contribution < 1.29 is 9.84 Å². The van der Waals surface area contributed by atoms with Gasteiger partial charge < -0.3 is 14.7 Å². The first kappa shape index (κ1) is 15.4. The molecule has 1 aromatic carbocycles. The summed E-state index contributed by atoms with van der Waals surface area (Å²) in [6, 6.07) is 12.1. The van der Waals surface area contributed by atoms with Crippen LogP contribution in [0.2, 0.25) is 0 Å². The maximum absolute atomic E-state index is 8.73. The number of para-hydroxylation sites is 2. The van der Waals surface area contributed by atoms with Gasteiger partial charge in [-0.1, -0.05) is 24.0 Å². The zero-order valence-corrected chi connectivity index (χ0v) is 13.1. The van der Waals surface area contributed by atoms with Crippen LogP contribution in [0.1, 0.15) is 16.2 Å². The van der Waals surface area contributed by atoms with Gasteiger partial charge in [0.05, 0.1) is 30.8 Å². The number of aliphatic hydroxyl groups is 1. The zero-order valence-electron chi connectivity index (χ0n) is 12.3. The van der Waals surface area contributed by atoms with Gasteiger partial charge in [-0.05, 0) is 24.3 Å². The fourth-order valence-electron chi connectivity index (χ4n) is 2.00. The predicted molar refractivity (Wildman–Crippen MR) is 88.0 cm³/mol. The second-order valence-corrected chi connectivity index (χ2v) is 5.74. The lowest BCUT2D eigenvalue weighted by atomic mass is 10.2. The number of nitrogens with zero attached hydrogens (tertiary/aromatic N) is 1. The van der Waals surface area contributed by atoms with Crippen LogP contribution < -0.4 is 9.64 Å². The van der Waals surface area contributed by atoms with E-state index in [1.807, 2.05) is 24.3 Å². The van der Waals surface area contributed by atoms with Gasteiger partial charge in [0.15, 0.2) is 0 Å². The van der Waals surface area contributed by atoms with E-state index in [1.165, 1.54) is 4.88 Å². The highest BCUT2D eigenvalue weighted by molar-refractivity contribution is 7.12. The molecular weight excluding hydrogens is 282 g/mol. The molecule has 0 saturated heterocycles. The summed E-state index contributed by atoms with van der Waals surface area (Å²) < 4.78 is 5.39. The molecule has 0 saturated carbocycles. The second-order valence-electron chi connectivity index (χ2n) is 4.57. The van der Waals surface area contributed by atoms with Crippen molar-refractivity contribution in [3.63, 3.8) is 0 Å². The van der Waals surface area contributed by atoms with E-state index in [0.29, 0.717) is 6.42 Å². The Morgan fingerprint density at radius 2 is 2.05 bits per heavy atom. The molecule has 2 rings (SSSR count). The first-order valence-corrected chi connectivity index (χ1v) is 7.59. The number of hydrogen-bond acceptors (Lipinski definition) is 4. The highest BCUT2D eigenvalue weighted by Gasteiger charge is 2.08. The van der Waals surface area contributed by atoms with E-state index < -0.39 is 0 Å². The van der Waals surface area contributed by atoms with Gasteiger partial charge in [0.1, 0.15) is 5.75 Å². The molecule has 0 atom stereocenters. The molecule has 0 aliphatic heterocycles. The van der Waals surface area contributed by atoms with Crippen LogP contribution in [-0.4, -0.2) is 25.9 Å². The lowest BCUT2D eigenvalue weighted by Gasteiger charge is -2.20. The lowest BCUT2D eigenvalue weighted by Crippen LogP contribution is -2.16. The van der Waals surface area contributed by atoms with Crippen molar-refractivity contribution in [3.05, 3.63) is 46.2 Å². The molecule has 0 aliphatic carbocycles. The van der Waals surface area contributed by atoms with Gasteiger partial charge in [-0.3, -0.25) is 0 Å². The van der Waals surface area contributed by atoms with Crippen molar-refractivity contribution in [2.45, 2.75) is 13.0 Å². The predicted octanol–water partition coefficient (Wildman–Crippen LogP) is 3.13. The maximum atomic E-state index is 8.73. The molecule has 0 radical (unpaired) electrons. The maximum Gasteiger partial charge on any atom is 0.142 e. The molecule has 21 heavy (non-hydrogen) atoms. The smallest absolute Gasteiger partial charge is 0.142 e. The Labute approximate surface area is 129 Å². The van der Waals surface area contributed by atoms with Crippen molar-refractivity contribution in [3.8, 4) is 17.6 Å². The summed E-state index contributed by atoms with van der Waals surface area (Å²) >= 11 is 1.68. The minimum absolute atomic E-state index is 0.113. The summed E-state index contributed by atoms with van der Waals surface area (Å²) in [4.78, 5) is 4.44. The van der Waals surface area contributed by atoms with Gasteiger partial charge in [0.2, 0.25) is 0 Å². The second kappa shape index (κ2) is 7.72. The van der Waals surface area contributed by atoms with E-state index in [1.54, 1.807) is 18.4 Å². The number of thiophene rings is 1. The third kappa shape index (κ3) is 4.25. The first-order valence-electron chi connectivity index (χ1n) is 6.77. The number of methoxy groups -OCH3 is 1. The molecule has 4 heteroatoms. The summed E-state index contributed by atoms with van der Waals surface area (Å²) in [5.74, 6) is 6.89. The van der Waals surface area contributed by atoms with Crippen LogP contribution in [0.4, 0.5) is 5.69 Å². The number of benzene rings is 1. The number of aliphatic hydroxyl groups excluding tert-OH is 1. The SMILES string of the molecule is COc1ccccc1N(C)Cc1ccc(C#CCCO)s1. The molecule has 0 unspecified atom stereocenters. The number of rotatable bonds is 5. The van der Waals surface area contributed by atoms with Gasteiger partial charge in [0.25, 0.3) is 0 Å².